The minimum Gasteiger partial charge on any atom is -0.340 e. The lowest BCUT2D eigenvalue weighted by molar-refractivity contribution is -0.140. The van der Waals surface area contributed by atoms with Crippen LogP contribution >= 0.6 is 0 Å². The number of amides is 2. The number of benzene rings is 1. The van der Waals surface area contributed by atoms with Crippen molar-refractivity contribution in [1.29, 1.82) is 0 Å². The number of fused-ring (bicyclic) bond motifs is 5. The van der Waals surface area contributed by atoms with Crippen molar-refractivity contribution in [2.24, 2.45) is 11.8 Å². The van der Waals surface area contributed by atoms with Gasteiger partial charge in [-0.25, -0.2) is 0 Å². The van der Waals surface area contributed by atoms with Crippen LogP contribution in [0.4, 0.5) is 0 Å². The quantitative estimate of drug-likeness (QED) is 0.788. The second-order valence-electron chi connectivity index (χ2n) is 9.22. The van der Waals surface area contributed by atoms with E-state index in [1.54, 1.807) is 11.0 Å². The van der Waals surface area contributed by atoms with E-state index < -0.39 is 6.04 Å². The predicted octanol–water partition coefficient (Wildman–Crippen LogP) is 2.47. The lowest BCUT2D eigenvalue weighted by Gasteiger charge is -2.45. The first kappa shape index (κ1) is 19.1. The maximum Gasteiger partial charge on any atom is 0.255 e. The third kappa shape index (κ3) is 2.97. The minimum atomic E-state index is -0.471. The zero-order chi connectivity index (χ0) is 21.0. The van der Waals surface area contributed by atoms with E-state index in [1.807, 2.05) is 59.7 Å². The molecule has 6 nitrogen and oxygen atoms in total. The van der Waals surface area contributed by atoms with Crippen molar-refractivity contribution >= 4 is 11.8 Å². The fraction of sp³-hybridized carbons (Fsp3) is 0.458. The molecule has 0 radical (unpaired) electrons. The van der Waals surface area contributed by atoms with Crippen molar-refractivity contribution in [2.45, 2.75) is 45.3 Å². The molecule has 3 atom stereocenters. The summed E-state index contributed by atoms with van der Waals surface area (Å²) < 4.78 is 1.88. The Bertz CT molecular complexity index is 1070. The van der Waals surface area contributed by atoms with Crippen molar-refractivity contribution in [3.8, 4) is 0 Å². The number of aromatic nitrogens is 1. The number of nitrogens with zero attached hydrogens (tertiary/aromatic N) is 3. The van der Waals surface area contributed by atoms with Gasteiger partial charge in [-0.2, -0.15) is 0 Å². The zero-order valence-electron chi connectivity index (χ0n) is 17.5. The Balaban J connectivity index is 1.41. The Morgan fingerprint density at radius 3 is 2.57 bits per heavy atom. The average molecular weight is 405 g/mol. The molecule has 0 saturated carbocycles. The molecule has 2 amide bonds. The lowest BCUT2D eigenvalue weighted by atomic mass is 9.82. The number of hydrogen-bond donors (Lipinski definition) is 0. The number of pyridine rings is 1. The number of carbonyl (C=O) groups excluding carboxylic acids is 2. The Morgan fingerprint density at radius 1 is 1.00 bits per heavy atom. The van der Waals surface area contributed by atoms with Gasteiger partial charge in [0.15, 0.2) is 0 Å². The van der Waals surface area contributed by atoms with Crippen LogP contribution in [0.5, 0.6) is 0 Å². The van der Waals surface area contributed by atoms with Crippen molar-refractivity contribution in [3.63, 3.8) is 0 Å². The molecule has 30 heavy (non-hydrogen) atoms. The van der Waals surface area contributed by atoms with E-state index in [0.717, 1.165) is 17.7 Å². The fourth-order valence-corrected chi connectivity index (χ4v) is 5.54. The van der Waals surface area contributed by atoms with Crippen LogP contribution in [-0.4, -0.2) is 45.3 Å². The van der Waals surface area contributed by atoms with Gasteiger partial charge in [-0.3, -0.25) is 14.4 Å². The highest BCUT2D eigenvalue weighted by molar-refractivity contribution is 6.01. The summed E-state index contributed by atoms with van der Waals surface area (Å²) in [6.45, 7) is 6.43. The van der Waals surface area contributed by atoms with Crippen LogP contribution in [0.15, 0.2) is 47.3 Å². The molecule has 3 aliphatic heterocycles. The summed E-state index contributed by atoms with van der Waals surface area (Å²) in [5, 5.41) is 0. The van der Waals surface area contributed by atoms with Gasteiger partial charge in [-0.15, -0.1) is 0 Å². The van der Waals surface area contributed by atoms with E-state index in [1.165, 1.54) is 0 Å². The van der Waals surface area contributed by atoms with E-state index in [9.17, 15) is 14.4 Å². The molecule has 4 heterocycles. The Labute approximate surface area is 176 Å². The van der Waals surface area contributed by atoms with Gasteiger partial charge in [0.25, 0.3) is 11.5 Å². The summed E-state index contributed by atoms with van der Waals surface area (Å²) >= 11 is 0. The van der Waals surface area contributed by atoms with Crippen LogP contribution in [0.3, 0.4) is 0 Å². The summed E-state index contributed by atoms with van der Waals surface area (Å²) in [7, 11) is 0. The second kappa shape index (κ2) is 7.11. The van der Waals surface area contributed by atoms with Crippen molar-refractivity contribution in [3.05, 3.63) is 69.6 Å². The number of carbonyl (C=O) groups is 2. The third-order valence-corrected chi connectivity index (χ3v) is 6.86. The standard InChI is InChI=1S/C24H27N3O3/c1-15(2)22(27-14-17-6-3-4-7-19(17)23(27)29)24(30)25-11-16-10-18(13-25)20-8-5-9-21(28)26(20)12-16/h3-9,15-16,18,22H,10-14H2,1-2H3/t16-,18+,22+/m1/s1. The second-order valence-corrected chi connectivity index (χ2v) is 9.22. The van der Waals surface area contributed by atoms with Crippen LogP contribution in [0.2, 0.25) is 0 Å². The first-order valence-corrected chi connectivity index (χ1v) is 10.8. The Hall–Kier alpha value is -2.89. The smallest absolute Gasteiger partial charge is 0.255 e. The highest BCUT2D eigenvalue weighted by Crippen LogP contribution is 2.36. The van der Waals surface area contributed by atoms with Crippen LogP contribution in [0, 0.1) is 11.8 Å². The fourth-order valence-electron chi connectivity index (χ4n) is 5.54. The molecule has 1 aromatic carbocycles. The van der Waals surface area contributed by atoms with E-state index in [2.05, 4.69) is 0 Å². The van der Waals surface area contributed by atoms with Gasteiger partial charge in [0.2, 0.25) is 5.91 Å². The molecular weight excluding hydrogens is 378 g/mol. The molecular formula is C24H27N3O3. The molecule has 0 N–H and O–H groups in total. The molecule has 2 aromatic rings. The van der Waals surface area contributed by atoms with Crippen LogP contribution in [0.25, 0.3) is 0 Å². The van der Waals surface area contributed by atoms with Gasteiger partial charge >= 0.3 is 0 Å². The number of piperidine rings is 1. The molecule has 0 unspecified atom stereocenters. The molecule has 1 saturated heterocycles. The SMILES string of the molecule is CC(C)[C@@H](C(=O)N1C[C@H]2C[C@@H](C1)c1cccc(=O)n1C2)N1Cc2ccccc2C1=O. The maximum absolute atomic E-state index is 13.7. The van der Waals surface area contributed by atoms with E-state index in [-0.39, 0.29) is 35.1 Å². The topological polar surface area (TPSA) is 62.6 Å². The van der Waals surface area contributed by atoms with E-state index in [4.69, 9.17) is 0 Å². The first-order chi connectivity index (χ1) is 14.4. The average Bonchev–Trinajstić information content (AvgIpc) is 3.05. The third-order valence-electron chi connectivity index (χ3n) is 6.86. The van der Waals surface area contributed by atoms with E-state index >= 15 is 0 Å². The Morgan fingerprint density at radius 2 is 1.80 bits per heavy atom. The lowest BCUT2D eigenvalue weighted by Crippen LogP contribution is -2.56. The molecule has 6 heteroatoms. The minimum absolute atomic E-state index is 0.0208. The van der Waals surface area contributed by atoms with Crippen molar-refractivity contribution < 1.29 is 9.59 Å². The van der Waals surface area contributed by atoms with E-state index in [0.29, 0.717) is 31.7 Å². The normalized spacial score (nSPS) is 23.4. The van der Waals surface area contributed by atoms with Crippen LogP contribution < -0.4 is 5.56 Å². The summed E-state index contributed by atoms with van der Waals surface area (Å²) in [6.07, 6.45) is 1.01. The number of hydrogen-bond acceptors (Lipinski definition) is 3. The van der Waals surface area contributed by atoms with Crippen molar-refractivity contribution in [2.75, 3.05) is 13.1 Å². The summed E-state index contributed by atoms with van der Waals surface area (Å²) in [6, 6.07) is 12.6. The van der Waals surface area contributed by atoms with Gasteiger partial charge in [-0.05, 0) is 36.0 Å². The van der Waals surface area contributed by atoms with Gasteiger partial charge < -0.3 is 14.4 Å². The van der Waals surface area contributed by atoms with Crippen LogP contribution in [-0.2, 0) is 17.9 Å². The maximum atomic E-state index is 13.7. The molecule has 1 aromatic heterocycles. The van der Waals surface area contributed by atoms with Gasteiger partial charge in [0.05, 0.1) is 0 Å². The van der Waals surface area contributed by atoms with Crippen molar-refractivity contribution in [1.82, 2.24) is 14.4 Å². The molecule has 0 spiro atoms. The summed E-state index contributed by atoms with van der Waals surface area (Å²) in [5.74, 6) is 0.459. The van der Waals surface area contributed by atoms with Gasteiger partial charge in [0, 0.05) is 49.4 Å². The number of likely N-dealkylation sites (tertiary alicyclic amines) is 1. The highest BCUT2D eigenvalue weighted by atomic mass is 16.2. The summed E-state index contributed by atoms with van der Waals surface area (Å²) in [5.41, 5.74) is 2.77. The molecule has 1 fully saturated rings. The first-order valence-electron chi connectivity index (χ1n) is 10.8. The molecule has 0 aliphatic carbocycles. The molecule has 156 valence electrons. The summed E-state index contributed by atoms with van der Waals surface area (Å²) in [4.78, 5) is 42.7. The number of rotatable bonds is 3. The van der Waals surface area contributed by atoms with Gasteiger partial charge in [0.1, 0.15) is 6.04 Å². The van der Waals surface area contributed by atoms with Gasteiger partial charge in [-0.1, -0.05) is 38.1 Å². The highest BCUT2D eigenvalue weighted by Gasteiger charge is 2.43. The molecule has 3 aliphatic rings. The molecule has 2 bridgehead atoms. The predicted molar refractivity (Wildman–Crippen MR) is 113 cm³/mol. The molecule has 5 rings (SSSR count). The Kier molecular flexibility index (Phi) is 4.53. The van der Waals surface area contributed by atoms with Crippen LogP contribution in [0.1, 0.15) is 47.8 Å². The zero-order valence-corrected chi connectivity index (χ0v) is 17.5. The monoisotopic (exact) mass is 405 g/mol. The largest absolute Gasteiger partial charge is 0.340 e.